The summed E-state index contributed by atoms with van der Waals surface area (Å²) in [5, 5.41) is 0. The molecule has 0 amide bonds. The van der Waals surface area contributed by atoms with Crippen molar-refractivity contribution in [2.75, 3.05) is 20.6 Å². The molecule has 0 radical (unpaired) electrons. The number of hydrogen-bond donors (Lipinski definition) is 0. The molecule has 1 aliphatic carbocycles. The fourth-order valence-electron chi connectivity index (χ4n) is 5.43. The van der Waals surface area contributed by atoms with Crippen molar-refractivity contribution in [2.24, 2.45) is 5.92 Å². The largest absolute Gasteiger partial charge is 0.495 e. The van der Waals surface area contributed by atoms with E-state index in [-0.39, 0.29) is 0 Å². The average Bonchev–Trinajstić information content (AvgIpc) is 3.79. The summed E-state index contributed by atoms with van der Waals surface area (Å²) < 4.78 is 7.06. The zero-order valence-electron chi connectivity index (χ0n) is 27.7. The van der Waals surface area contributed by atoms with E-state index in [1.54, 1.807) is 5.57 Å². The van der Waals surface area contributed by atoms with E-state index in [0.717, 1.165) is 25.8 Å². The lowest BCUT2D eigenvalue weighted by atomic mass is 9.88. The second-order valence-corrected chi connectivity index (χ2v) is 12.5. The van der Waals surface area contributed by atoms with Gasteiger partial charge in [-0.3, -0.25) is 0 Å². The van der Waals surface area contributed by atoms with Crippen molar-refractivity contribution in [3.63, 3.8) is 0 Å². The molecular weight excluding hydrogens is 486 g/mol. The van der Waals surface area contributed by atoms with Crippen molar-refractivity contribution >= 4 is 0 Å². The highest BCUT2D eigenvalue weighted by Crippen LogP contribution is 2.37. The zero-order valence-corrected chi connectivity index (χ0v) is 27.7. The Hall–Kier alpha value is -1.28. The van der Waals surface area contributed by atoms with Crippen LogP contribution in [0.25, 0.3) is 0 Å². The maximum atomic E-state index is 7.06. The molecule has 2 nitrogen and oxygen atoms in total. The normalized spacial score (nSPS) is 14.5. The predicted octanol–water partition coefficient (Wildman–Crippen LogP) is 12.1. The van der Waals surface area contributed by atoms with E-state index < -0.39 is 0 Å². The molecule has 0 aromatic carbocycles. The molecule has 0 saturated heterocycles. The van der Waals surface area contributed by atoms with Gasteiger partial charge in [-0.15, -0.1) is 0 Å². The highest BCUT2D eigenvalue weighted by atomic mass is 16.5. The van der Waals surface area contributed by atoms with E-state index in [1.165, 1.54) is 128 Å². The Morgan fingerprint density at radius 2 is 1.07 bits per heavy atom. The second-order valence-electron chi connectivity index (χ2n) is 12.5. The van der Waals surface area contributed by atoms with Crippen LogP contribution >= 0.6 is 0 Å². The smallest absolute Gasteiger partial charge is 0.101 e. The lowest BCUT2D eigenvalue weighted by Gasteiger charge is -2.29. The van der Waals surface area contributed by atoms with Crippen LogP contribution in [0.2, 0.25) is 0 Å². The maximum absolute atomic E-state index is 7.06. The Morgan fingerprint density at radius 1 is 0.625 bits per heavy atom. The molecule has 1 rings (SSSR count). The van der Waals surface area contributed by atoms with E-state index in [4.69, 9.17) is 4.74 Å². The molecule has 1 saturated carbocycles. The van der Waals surface area contributed by atoms with Crippen LogP contribution in [-0.2, 0) is 4.74 Å². The van der Waals surface area contributed by atoms with Gasteiger partial charge in [0.25, 0.3) is 0 Å². The highest BCUT2D eigenvalue weighted by Gasteiger charge is 2.26. The summed E-state index contributed by atoms with van der Waals surface area (Å²) in [5.74, 6) is 1.98. The van der Waals surface area contributed by atoms with Crippen LogP contribution in [-0.4, -0.2) is 31.6 Å². The van der Waals surface area contributed by atoms with Gasteiger partial charge in [-0.2, -0.15) is 0 Å². The predicted molar refractivity (Wildman–Crippen MR) is 180 cm³/mol. The zero-order chi connectivity index (χ0) is 29.1. The summed E-state index contributed by atoms with van der Waals surface area (Å²) >= 11 is 0. The van der Waals surface area contributed by atoms with E-state index >= 15 is 0 Å². The fourth-order valence-corrected chi connectivity index (χ4v) is 5.43. The van der Waals surface area contributed by atoms with Crippen molar-refractivity contribution < 1.29 is 4.74 Å². The van der Waals surface area contributed by atoms with Gasteiger partial charge < -0.3 is 9.64 Å². The van der Waals surface area contributed by atoms with Crippen LogP contribution in [0.15, 0.2) is 47.8 Å². The van der Waals surface area contributed by atoms with Gasteiger partial charge in [-0.05, 0) is 128 Å². The number of rotatable bonds is 28. The average molecular weight is 556 g/mol. The number of allylic oxidation sites excluding steroid dienone is 8. The quantitative estimate of drug-likeness (QED) is 0.0540. The molecule has 40 heavy (non-hydrogen) atoms. The third-order valence-corrected chi connectivity index (χ3v) is 8.17. The Labute approximate surface area is 251 Å². The van der Waals surface area contributed by atoms with Gasteiger partial charge in [0.05, 0.1) is 5.76 Å². The topological polar surface area (TPSA) is 12.5 Å². The van der Waals surface area contributed by atoms with E-state index in [9.17, 15) is 0 Å². The lowest BCUT2D eigenvalue weighted by molar-refractivity contribution is 0.0442. The van der Waals surface area contributed by atoms with Crippen LogP contribution in [0.3, 0.4) is 0 Å². The van der Waals surface area contributed by atoms with Crippen molar-refractivity contribution in [1.82, 2.24) is 4.90 Å². The molecule has 1 atom stereocenters. The summed E-state index contributed by atoms with van der Waals surface area (Å²) in [6.07, 6.45) is 42.7. The van der Waals surface area contributed by atoms with Crippen molar-refractivity contribution in [3.05, 3.63) is 47.8 Å². The third-order valence-electron chi connectivity index (χ3n) is 8.17. The molecule has 0 aromatic rings. The first-order valence-corrected chi connectivity index (χ1v) is 17.6. The molecule has 0 aromatic heterocycles. The van der Waals surface area contributed by atoms with E-state index in [1.807, 2.05) is 0 Å². The first-order valence-electron chi connectivity index (χ1n) is 17.6. The SMILES string of the molecule is CCCCC/C=C\CCC(CC/C=C\CCCCC)C(CC/C=C\CCCCC)OC(CCCN(C)C)=C1CC1. The van der Waals surface area contributed by atoms with Crippen LogP contribution in [0.5, 0.6) is 0 Å². The minimum absolute atomic E-state index is 0.338. The number of nitrogens with zero attached hydrogens (tertiary/aromatic N) is 1. The van der Waals surface area contributed by atoms with Crippen LogP contribution < -0.4 is 0 Å². The molecule has 0 bridgehead atoms. The standard InChI is InChI=1S/C38H69NO/c1-6-9-12-15-18-21-24-28-35(29-25-22-19-16-13-10-7-2)37(30-26-23-20-17-14-11-8-3)40-38(36-32-33-36)31-27-34-39(4)5/h18-23,35,37H,6-17,24-34H2,1-5H3/b21-18-,22-19-,23-20-. The molecule has 0 N–H and O–H groups in total. The van der Waals surface area contributed by atoms with Gasteiger partial charge in [0.15, 0.2) is 0 Å². The number of hydrogen-bond acceptors (Lipinski definition) is 2. The highest BCUT2D eigenvalue weighted by molar-refractivity contribution is 5.21. The lowest BCUT2D eigenvalue weighted by Crippen LogP contribution is -2.25. The molecule has 1 fully saturated rings. The van der Waals surface area contributed by atoms with Crippen molar-refractivity contribution in [3.8, 4) is 0 Å². The third kappa shape index (κ3) is 21.5. The minimum atomic E-state index is 0.338. The molecule has 0 heterocycles. The molecular formula is C38H69NO. The first-order chi connectivity index (χ1) is 19.6. The van der Waals surface area contributed by atoms with Crippen LogP contribution in [0, 0.1) is 5.92 Å². The van der Waals surface area contributed by atoms with Gasteiger partial charge in [-0.25, -0.2) is 0 Å². The van der Waals surface area contributed by atoms with E-state index in [2.05, 4.69) is 76.2 Å². The summed E-state index contributed by atoms with van der Waals surface area (Å²) in [5.41, 5.74) is 1.60. The Balaban J connectivity index is 2.88. The molecule has 0 aliphatic heterocycles. The summed E-state index contributed by atoms with van der Waals surface area (Å²) in [6.45, 7) is 8.01. The van der Waals surface area contributed by atoms with Gasteiger partial charge in [-0.1, -0.05) is 95.8 Å². The van der Waals surface area contributed by atoms with Crippen molar-refractivity contribution in [1.29, 1.82) is 0 Å². The monoisotopic (exact) mass is 556 g/mol. The van der Waals surface area contributed by atoms with Gasteiger partial charge in [0, 0.05) is 6.42 Å². The number of unbranched alkanes of at least 4 members (excludes halogenated alkanes) is 9. The minimum Gasteiger partial charge on any atom is -0.495 e. The van der Waals surface area contributed by atoms with Crippen LogP contribution in [0.1, 0.15) is 162 Å². The van der Waals surface area contributed by atoms with Gasteiger partial charge in [0.2, 0.25) is 0 Å². The molecule has 0 spiro atoms. The summed E-state index contributed by atoms with van der Waals surface area (Å²) in [6, 6.07) is 0. The Bertz CT molecular complexity index is 656. The summed E-state index contributed by atoms with van der Waals surface area (Å²) in [7, 11) is 4.37. The molecule has 2 heteroatoms. The second kappa shape index (κ2) is 26.6. The Kier molecular flexibility index (Phi) is 24.4. The number of ether oxygens (including phenoxy) is 1. The Morgan fingerprint density at radius 3 is 1.50 bits per heavy atom. The molecule has 1 aliphatic rings. The van der Waals surface area contributed by atoms with E-state index in [0.29, 0.717) is 12.0 Å². The first kappa shape index (κ1) is 36.7. The summed E-state index contributed by atoms with van der Waals surface area (Å²) in [4.78, 5) is 2.30. The van der Waals surface area contributed by atoms with Gasteiger partial charge in [0.1, 0.15) is 6.10 Å². The molecule has 232 valence electrons. The fraction of sp³-hybridized carbons (Fsp3) is 0.789. The van der Waals surface area contributed by atoms with Gasteiger partial charge >= 0.3 is 0 Å². The molecule has 1 unspecified atom stereocenters. The maximum Gasteiger partial charge on any atom is 0.101 e. The van der Waals surface area contributed by atoms with Crippen LogP contribution in [0.4, 0.5) is 0 Å². The van der Waals surface area contributed by atoms with Crippen molar-refractivity contribution in [2.45, 2.75) is 168 Å².